The molecule has 0 fully saturated rings. The molecular formula is C27H30F6N2O3. The van der Waals surface area contributed by atoms with Gasteiger partial charge in [-0.05, 0) is 79.1 Å². The molecule has 2 atom stereocenters. The number of carbonyl (C=O) groups is 2. The van der Waals surface area contributed by atoms with Gasteiger partial charge in [0.25, 0.3) is 0 Å². The molecule has 0 saturated carbocycles. The van der Waals surface area contributed by atoms with E-state index < -0.39 is 54.1 Å². The van der Waals surface area contributed by atoms with E-state index in [4.69, 9.17) is 0 Å². The monoisotopic (exact) mass is 544 g/mol. The lowest BCUT2D eigenvalue weighted by Gasteiger charge is -2.33. The third-order valence-electron chi connectivity index (χ3n) is 7.09. The predicted molar refractivity (Wildman–Crippen MR) is 130 cm³/mol. The Kier molecular flexibility index (Phi) is 8.10. The highest BCUT2D eigenvalue weighted by molar-refractivity contribution is 5.89. The zero-order valence-corrected chi connectivity index (χ0v) is 21.7. The molecule has 2 aromatic carbocycles. The molecule has 0 bridgehead atoms. The summed E-state index contributed by atoms with van der Waals surface area (Å²) in [6.45, 7) is 8.03. The number of carbonyl (C=O) groups excluding carboxylic acids is 1. The molecule has 3 rings (SSSR count). The molecule has 38 heavy (non-hydrogen) atoms. The first kappa shape index (κ1) is 29.3. The van der Waals surface area contributed by atoms with Gasteiger partial charge >= 0.3 is 18.4 Å². The van der Waals surface area contributed by atoms with Gasteiger partial charge in [0, 0.05) is 19.5 Å². The molecule has 5 nitrogen and oxygen atoms in total. The summed E-state index contributed by atoms with van der Waals surface area (Å²) in [7, 11) is 0. The summed E-state index contributed by atoms with van der Waals surface area (Å²) in [5.74, 6) is -0.655. The van der Waals surface area contributed by atoms with Gasteiger partial charge in [-0.25, -0.2) is 4.79 Å². The summed E-state index contributed by atoms with van der Waals surface area (Å²) in [5.41, 5.74) is -0.798. The van der Waals surface area contributed by atoms with Crippen LogP contribution in [0.15, 0.2) is 30.3 Å². The first-order valence-electron chi connectivity index (χ1n) is 12.1. The van der Waals surface area contributed by atoms with Crippen LogP contribution in [0.1, 0.15) is 73.0 Å². The summed E-state index contributed by atoms with van der Waals surface area (Å²) in [6.07, 6.45) is -10.6. The third kappa shape index (κ3) is 6.07. The minimum atomic E-state index is -5.02. The number of alkyl halides is 6. The van der Waals surface area contributed by atoms with E-state index in [9.17, 15) is 41.0 Å². The fraction of sp³-hybridized carbons (Fsp3) is 0.481. The van der Waals surface area contributed by atoms with Crippen LogP contribution >= 0.6 is 0 Å². The van der Waals surface area contributed by atoms with Crippen LogP contribution in [0.5, 0.6) is 0 Å². The van der Waals surface area contributed by atoms with E-state index >= 15 is 0 Å². The number of nitrogens with zero attached hydrogens (tertiary/aromatic N) is 2. The predicted octanol–water partition coefficient (Wildman–Crippen LogP) is 7.73. The van der Waals surface area contributed by atoms with E-state index in [1.165, 1.54) is 16.7 Å². The van der Waals surface area contributed by atoms with E-state index in [2.05, 4.69) is 0 Å². The fourth-order valence-corrected chi connectivity index (χ4v) is 5.04. The SMILES string of the molecule is CC(=O)N(Cc1cc(C(F)(F)F)cc(C(F)(F)F)c1)C1CCC(C(C)C)N(C(=O)O)c2cc(C)c(C)cc21. The van der Waals surface area contributed by atoms with Crippen molar-refractivity contribution in [2.24, 2.45) is 5.92 Å². The number of carboxylic acid groups (broad SMARTS) is 1. The quantitative estimate of drug-likeness (QED) is 0.401. The van der Waals surface area contributed by atoms with E-state index in [-0.39, 0.29) is 24.0 Å². The summed E-state index contributed by atoms with van der Waals surface area (Å²) in [6, 6.07) is 3.52. The summed E-state index contributed by atoms with van der Waals surface area (Å²) in [4.78, 5) is 27.7. The Bertz CT molecular complexity index is 1190. The van der Waals surface area contributed by atoms with Crippen molar-refractivity contribution in [3.63, 3.8) is 0 Å². The Hall–Kier alpha value is -3.24. The maximum Gasteiger partial charge on any atom is 0.416 e. The van der Waals surface area contributed by atoms with Crippen LogP contribution in [-0.4, -0.2) is 28.0 Å². The topological polar surface area (TPSA) is 60.9 Å². The van der Waals surface area contributed by atoms with Crippen molar-refractivity contribution in [2.45, 2.75) is 78.4 Å². The minimum absolute atomic E-state index is 0.0483. The number of anilines is 1. The molecule has 2 amide bonds. The molecule has 2 unspecified atom stereocenters. The molecule has 0 aliphatic carbocycles. The largest absolute Gasteiger partial charge is 0.465 e. The second-order valence-corrected chi connectivity index (χ2v) is 10.1. The second-order valence-electron chi connectivity index (χ2n) is 10.1. The molecule has 0 radical (unpaired) electrons. The van der Waals surface area contributed by atoms with Crippen LogP contribution < -0.4 is 4.90 Å². The fourth-order valence-electron chi connectivity index (χ4n) is 5.04. The van der Waals surface area contributed by atoms with Crippen LogP contribution in [0.2, 0.25) is 0 Å². The van der Waals surface area contributed by atoms with Crippen molar-refractivity contribution >= 4 is 17.7 Å². The van der Waals surface area contributed by atoms with Crippen molar-refractivity contribution in [2.75, 3.05) is 4.90 Å². The van der Waals surface area contributed by atoms with Crippen LogP contribution in [0, 0.1) is 19.8 Å². The van der Waals surface area contributed by atoms with Gasteiger partial charge in [0.05, 0.1) is 22.9 Å². The van der Waals surface area contributed by atoms with E-state index in [0.717, 1.165) is 11.1 Å². The number of hydrogen-bond donors (Lipinski definition) is 1. The van der Waals surface area contributed by atoms with E-state index in [1.54, 1.807) is 12.1 Å². The van der Waals surface area contributed by atoms with Gasteiger partial charge in [0.15, 0.2) is 0 Å². The molecule has 2 aromatic rings. The van der Waals surface area contributed by atoms with Gasteiger partial charge in [-0.3, -0.25) is 9.69 Å². The second kappa shape index (κ2) is 10.5. The normalized spacial score (nSPS) is 18.3. The maximum atomic E-state index is 13.4. The molecule has 0 saturated heterocycles. The minimum Gasteiger partial charge on any atom is -0.465 e. The smallest absolute Gasteiger partial charge is 0.416 e. The lowest BCUT2D eigenvalue weighted by atomic mass is 9.93. The summed E-state index contributed by atoms with van der Waals surface area (Å²) < 4.78 is 80.7. The maximum absolute atomic E-state index is 13.4. The Morgan fingerprint density at radius 2 is 1.47 bits per heavy atom. The van der Waals surface area contributed by atoms with Crippen LogP contribution in [0.3, 0.4) is 0 Å². The molecule has 1 aliphatic rings. The molecule has 208 valence electrons. The molecule has 11 heteroatoms. The Labute approximate surface area is 217 Å². The highest BCUT2D eigenvalue weighted by Crippen LogP contribution is 2.43. The number of rotatable bonds is 4. The van der Waals surface area contributed by atoms with Crippen molar-refractivity contribution < 1.29 is 41.0 Å². The highest BCUT2D eigenvalue weighted by Gasteiger charge is 2.39. The van der Waals surface area contributed by atoms with Crippen LogP contribution in [0.25, 0.3) is 0 Å². The van der Waals surface area contributed by atoms with Crippen molar-refractivity contribution in [1.82, 2.24) is 4.90 Å². The molecule has 0 aromatic heterocycles. The standard InChI is InChI=1S/C27H30F6N2O3/c1-14(2)22-6-7-23(21-8-15(3)16(4)9-24(21)35(22)25(37)38)34(17(5)36)13-18-10-19(26(28,29)30)12-20(11-18)27(31,32)33/h8-12,14,22-23H,6-7,13H2,1-5H3,(H,37,38). The number of fused-ring (bicyclic) bond motifs is 1. The first-order valence-corrected chi connectivity index (χ1v) is 12.1. The zero-order valence-electron chi connectivity index (χ0n) is 21.7. The molecular weight excluding hydrogens is 514 g/mol. The molecule has 0 spiro atoms. The van der Waals surface area contributed by atoms with Gasteiger partial charge in [-0.2, -0.15) is 26.3 Å². The first-order chi connectivity index (χ1) is 17.4. The van der Waals surface area contributed by atoms with Crippen molar-refractivity contribution in [1.29, 1.82) is 0 Å². The van der Waals surface area contributed by atoms with Gasteiger partial charge < -0.3 is 10.0 Å². The number of hydrogen-bond acceptors (Lipinski definition) is 2. The van der Waals surface area contributed by atoms with E-state index in [0.29, 0.717) is 29.8 Å². The number of aryl methyl sites for hydroxylation is 2. The summed E-state index contributed by atoms with van der Waals surface area (Å²) in [5, 5.41) is 10.1. The average molecular weight is 545 g/mol. The van der Waals surface area contributed by atoms with Crippen LogP contribution in [0.4, 0.5) is 36.8 Å². The highest BCUT2D eigenvalue weighted by atomic mass is 19.4. The van der Waals surface area contributed by atoms with E-state index in [1.807, 2.05) is 27.7 Å². The summed E-state index contributed by atoms with van der Waals surface area (Å²) >= 11 is 0. The van der Waals surface area contributed by atoms with Gasteiger partial charge in [-0.15, -0.1) is 0 Å². The lowest BCUT2D eigenvalue weighted by Crippen LogP contribution is -2.42. The number of halogens is 6. The Morgan fingerprint density at radius 3 is 1.92 bits per heavy atom. The number of amides is 2. The number of benzene rings is 2. The Balaban J connectivity index is 2.19. The van der Waals surface area contributed by atoms with Crippen molar-refractivity contribution in [3.8, 4) is 0 Å². The molecule has 1 heterocycles. The van der Waals surface area contributed by atoms with Gasteiger partial charge in [0.1, 0.15) is 0 Å². The molecule has 1 aliphatic heterocycles. The van der Waals surface area contributed by atoms with Gasteiger partial charge in [-0.1, -0.05) is 19.9 Å². The lowest BCUT2D eigenvalue weighted by molar-refractivity contribution is -0.143. The molecule has 1 N–H and O–H groups in total. The van der Waals surface area contributed by atoms with Crippen LogP contribution in [-0.2, 0) is 23.7 Å². The Morgan fingerprint density at radius 1 is 0.947 bits per heavy atom. The zero-order chi connectivity index (χ0) is 28.7. The van der Waals surface area contributed by atoms with Gasteiger partial charge in [0.2, 0.25) is 5.91 Å². The average Bonchev–Trinajstić information content (AvgIpc) is 2.93. The third-order valence-corrected chi connectivity index (χ3v) is 7.09. The van der Waals surface area contributed by atoms with Crippen molar-refractivity contribution in [3.05, 3.63) is 63.7 Å².